The zero-order valence-electron chi connectivity index (χ0n) is 11.5. The van der Waals surface area contributed by atoms with Crippen LogP contribution in [0.4, 0.5) is 11.4 Å². The Morgan fingerprint density at radius 3 is 2.50 bits per heavy atom. The number of non-ortho nitro benzene ring substituents is 1. The normalized spacial score (nSPS) is 11.7. The highest BCUT2D eigenvalue weighted by Crippen LogP contribution is 2.26. The Kier molecular flexibility index (Phi) is 4.95. The lowest BCUT2D eigenvalue weighted by molar-refractivity contribution is -0.384. The van der Waals surface area contributed by atoms with Crippen molar-refractivity contribution >= 4 is 28.9 Å². The first kappa shape index (κ1) is 15.8. The summed E-state index contributed by atoms with van der Waals surface area (Å²) < 4.78 is 0. The largest absolute Gasteiger partial charge is 0.378 e. The van der Waals surface area contributed by atoms with Gasteiger partial charge < -0.3 is 11.1 Å². The summed E-state index contributed by atoms with van der Waals surface area (Å²) >= 11 is 5.97. The van der Waals surface area contributed by atoms with Crippen molar-refractivity contribution in [1.82, 2.24) is 0 Å². The van der Waals surface area contributed by atoms with Crippen LogP contribution in [0.1, 0.15) is 18.0 Å². The van der Waals surface area contributed by atoms with Crippen LogP contribution in [0, 0.1) is 10.1 Å². The van der Waals surface area contributed by atoms with Crippen molar-refractivity contribution in [2.24, 2.45) is 5.73 Å². The zero-order valence-corrected chi connectivity index (χ0v) is 12.3. The summed E-state index contributed by atoms with van der Waals surface area (Å²) in [5.41, 5.74) is 6.74. The quantitative estimate of drug-likeness (QED) is 0.630. The van der Waals surface area contributed by atoms with E-state index in [9.17, 15) is 14.9 Å². The Hall–Kier alpha value is -2.60. The van der Waals surface area contributed by atoms with Gasteiger partial charge in [-0.3, -0.25) is 14.9 Å². The maximum absolute atomic E-state index is 11.3. The first-order valence-electron chi connectivity index (χ1n) is 6.50. The predicted molar refractivity (Wildman–Crippen MR) is 84.7 cm³/mol. The molecule has 0 saturated carbocycles. The Balaban J connectivity index is 2.23. The van der Waals surface area contributed by atoms with Crippen molar-refractivity contribution in [2.75, 3.05) is 5.32 Å². The Morgan fingerprint density at radius 2 is 1.95 bits per heavy atom. The van der Waals surface area contributed by atoms with Crippen molar-refractivity contribution in [2.45, 2.75) is 12.5 Å². The van der Waals surface area contributed by atoms with Crippen LogP contribution < -0.4 is 11.1 Å². The fourth-order valence-electron chi connectivity index (χ4n) is 2.06. The van der Waals surface area contributed by atoms with E-state index >= 15 is 0 Å². The first-order valence-corrected chi connectivity index (χ1v) is 6.88. The average molecular weight is 320 g/mol. The number of hydrogen-bond acceptors (Lipinski definition) is 4. The van der Waals surface area contributed by atoms with Crippen molar-refractivity contribution in [1.29, 1.82) is 0 Å². The number of halogens is 1. The minimum Gasteiger partial charge on any atom is -0.378 e. The monoisotopic (exact) mass is 319 g/mol. The van der Waals surface area contributed by atoms with Gasteiger partial charge in [0, 0.05) is 22.8 Å². The minimum absolute atomic E-state index is 0.000225. The van der Waals surface area contributed by atoms with Gasteiger partial charge in [0.25, 0.3) is 5.69 Å². The van der Waals surface area contributed by atoms with Crippen LogP contribution >= 0.6 is 11.6 Å². The van der Waals surface area contributed by atoms with Crippen LogP contribution in [0.2, 0.25) is 5.02 Å². The minimum atomic E-state index is -0.471. The molecule has 2 aromatic rings. The number of nitro benzene ring substituents is 1. The molecule has 1 atom stereocenters. The van der Waals surface area contributed by atoms with Gasteiger partial charge in [0.1, 0.15) is 0 Å². The van der Waals surface area contributed by atoms with Gasteiger partial charge in [0.05, 0.1) is 17.4 Å². The molecular formula is C15H14ClN3O3. The number of nitrogens with two attached hydrogens (primary N) is 1. The summed E-state index contributed by atoms with van der Waals surface area (Å²) in [6, 6.07) is 12.7. The maximum Gasteiger partial charge on any atom is 0.269 e. The lowest BCUT2D eigenvalue weighted by atomic mass is 10.0. The van der Waals surface area contributed by atoms with Crippen molar-refractivity contribution < 1.29 is 9.72 Å². The summed E-state index contributed by atoms with van der Waals surface area (Å²) in [5.74, 6) is -0.459. The fraction of sp³-hybridized carbons (Fsp3) is 0.133. The smallest absolute Gasteiger partial charge is 0.269 e. The lowest BCUT2D eigenvalue weighted by Crippen LogP contribution is -2.20. The van der Waals surface area contributed by atoms with E-state index in [0.717, 1.165) is 5.56 Å². The summed E-state index contributed by atoms with van der Waals surface area (Å²) in [4.78, 5) is 21.4. The molecule has 0 aromatic heterocycles. The number of primary amides is 1. The lowest BCUT2D eigenvalue weighted by Gasteiger charge is -2.19. The van der Waals surface area contributed by atoms with E-state index in [4.69, 9.17) is 17.3 Å². The fourth-order valence-corrected chi connectivity index (χ4v) is 2.26. The molecule has 0 radical (unpaired) electrons. The van der Waals surface area contributed by atoms with E-state index in [1.807, 2.05) is 6.07 Å². The average Bonchev–Trinajstić information content (AvgIpc) is 2.46. The maximum atomic E-state index is 11.3. The molecular weight excluding hydrogens is 306 g/mol. The SMILES string of the molecule is NC(=O)C[C@@H](Nc1ccc([N+](=O)[O-])cc1)c1cccc(Cl)c1. The third-order valence-corrected chi connectivity index (χ3v) is 3.31. The Morgan fingerprint density at radius 1 is 1.27 bits per heavy atom. The second kappa shape index (κ2) is 6.91. The van der Waals surface area contributed by atoms with Gasteiger partial charge in [-0.15, -0.1) is 0 Å². The van der Waals surface area contributed by atoms with Crippen LogP contribution in [-0.4, -0.2) is 10.8 Å². The number of rotatable bonds is 6. The van der Waals surface area contributed by atoms with Crippen LogP contribution in [-0.2, 0) is 4.79 Å². The topological polar surface area (TPSA) is 98.3 Å². The number of carbonyl (C=O) groups excluding carboxylic acids is 1. The molecule has 6 nitrogen and oxygen atoms in total. The second-order valence-electron chi connectivity index (χ2n) is 4.73. The van der Waals surface area contributed by atoms with Crippen molar-refractivity contribution in [3.8, 4) is 0 Å². The number of carbonyl (C=O) groups is 1. The number of nitrogens with one attached hydrogen (secondary N) is 1. The molecule has 22 heavy (non-hydrogen) atoms. The molecule has 7 heteroatoms. The second-order valence-corrected chi connectivity index (χ2v) is 5.16. The molecule has 3 N–H and O–H groups in total. The van der Waals surface area contributed by atoms with E-state index in [0.29, 0.717) is 10.7 Å². The molecule has 0 fully saturated rings. The van der Waals surface area contributed by atoms with Crippen LogP contribution in [0.5, 0.6) is 0 Å². The number of hydrogen-bond donors (Lipinski definition) is 2. The van der Waals surface area contributed by atoms with Crippen LogP contribution in [0.25, 0.3) is 0 Å². The third kappa shape index (κ3) is 4.20. The summed E-state index contributed by atoms with van der Waals surface area (Å²) in [5, 5.41) is 14.3. The molecule has 114 valence electrons. The van der Waals surface area contributed by atoms with E-state index < -0.39 is 10.8 Å². The highest BCUT2D eigenvalue weighted by Gasteiger charge is 2.15. The number of nitro groups is 1. The van der Waals surface area contributed by atoms with E-state index in [1.54, 1.807) is 30.3 Å². The highest BCUT2D eigenvalue weighted by atomic mass is 35.5. The summed E-state index contributed by atoms with van der Waals surface area (Å²) in [6.45, 7) is 0. The van der Waals surface area contributed by atoms with Crippen LogP contribution in [0.3, 0.4) is 0 Å². The Labute approximate surface area is 132 Å². The van der Waals surface area contributed by atoms with Gasteiger partial charge in [0.2, 0.25) is 5.91 Å². The summed E-state index contributed by atoms with van der Waals surface area (Å²) in [6.07, 6.45) is 0.0807. The highest BCUT2D eigenvalue weighted by molar-refractivity contribution is 6.30. The van der Waals surface area contributed by atoms with Gasteiger partial charge >= 0.3 is 0 Å². The standard InChI is InChI=1S/C15H14ClN3O3/c16-11-3-1-2-10(8-11)14(9-15(17)20)18-12-4-6-13(7-5-12)19(21)22/h1-8,14,18H,9H2,(H2,17,20)/t14-/m1/s1. The molecule has 0 unspecified atom stereocenters. The van der Waals surface area contributed by atoms with Gasteiger partial charge in [-0.1, -0.05) is 23.7 Å². The van der Waals surface area contributed by atoms with Gasteiger partial charge in [0.15, 0.2) is 0 Å². The first-order chi connectivity index (χ1) is 10.5. The third-order valence-electron chi connectivity index (χ3n) is 3.08. The van der Waals surface area contributed by atoms with E-state index in [1.165, 1.54) is 12.1 Å². The molecule has 0 heterocycles. The van der Waals surface area contributed by atoms with E-state index in [-0.39, 0.29) is 18.2 Å². The van der Waals surface area contributed by atoms with Gasteiger partial charge in [-0.2, -0.15) is 0 Å². The summed E-state index contributed by atoms with van der Waals surface area (Å²) in [7, 11) is 0. The van der Waals surface area contributed by atoms with Gasteiger partial charge in [-0.25, -0.2) is 0 Å². The number of benzene rings is 2. The molecule has 2 rings (SSSR count). The molecule has 0 saturated heterocycles. The molecule has 0 spiro atoms. The Bertz CT molecular complexity index is 689. The van der Waals surface area contributed by atoms with E-state index in [2.05, 4.69) is 5.32 Å². The van der Waals surface area contributed by atoms with Gasteiger partial charge in [-0.05, 0) is 29.8 Å². The number of anilines is 1. The zero-order chi connectivity index (χ0) is 16.1. The van der Waals surface area contributed by atoms with Crippen LogP contribution in [0.15, 0.2) is 48.5 Å². The molecule has 0 aliphatic carbocycles. The van der Waals surface area contributed by atoms with Crippen molar-refractivity contribution in [3.05, 3.63) is 69.2 Å². The molecule has 0 aliphatic heterocycles. The molecule has 2 aromatic carbocycles. The molecule has 0 bridgehead atoms. The molecule has 1 amide bonds. The molecule has 0 aliphatic rings. The number of amides is 1. The number of nitrogens with zero attached hydrogens (tertiary/aromatic N) is 1. The van der Waals surface area contributed by atoms with Crippen molar-refractivity contribution in [3.63, 3.8) is 0 Å². The predicted octanol–water partition coefficient (Wildman–Crippen LogP) is 3.28.